The lowest BCUT2D eigenvalue weighted by molar-refractivity contribution is 0.598. The number of thiophene rings is 1. The molecule has 1 aromatic carbocycles. The van der Waals surface area contributed by atoms with Gasteiger partial charge in [-0.3, -0.25) is 0 Å². The van der Waals surface area contributed by atoms with Crippen LogP contribution in [0.15, 0.2) is 29.2 Å². The maximum absolute atomic E-state index is 11.4. The van der Waals surface area contributed by atoms with Crippen LogP contribution in [0.1, 0.15) is 28.3 Å². The van der Waals surface area contributed by atoms with E-state index in [1.807, 2.05) is 6.92 Å². The molecule has 0 spiro atoms. The van der Waals surface area contributed by atoms with Crippen molar-refractivity contribution in [3.63, 3.8) is 0 Å². The molecule has 2 rings (SSSR count). The predicted molar refractivity (Wildman–Crippen MR) is 88.7 cm³/mol. The van der Waals surface area contributed by atoms with E-state index in [0.717, 1.165) is 0 Å². The molecule has 1 unspecified atom stereocenters. The molecular weight excluding hydrogens is 328 g/mol. The molecule has 2 aromatic rings. The molecule has 1 aromatic heterocycles. The Labute approximate surface area is 134 Å². The van der Waals surface area contributed by atoms with Gasteiger partial charge >= 0.3 is 0 Å². The van der Waals surface area contributed by atoms with Crippen LogP contribution in [0.25, 0.3) is 0 Å². The van der Waals surface area contributed by atoms with E-state index in [-0.39, 0.29) is 10.9 Å². The van der Waals surface area contributed by atoms with Crippen LogP contribution in [-0.2, 0) is 10.0 Å². The smallest absolute Gasteiger partial charge is 0.238 e. The molecule has 0 aliphatic rings. The van der Waals surface area contributed by atoms with Gasteiger partial charge in [0.1, 0.15) is 0 Å². The largest absolute Gasteiger partial charge is 0.377 e. The molecule has 7 heteroatoms. The molecule has 21 heavy (non-hydrogen) atoms. The van der Waals surface area contributed by atoms with E-state index in [1.165, 1.54) is 33.5 Å². The molecule has 0 amide bonds. The Balaban J connectivity index is 2.33. The van der Waals surface area contributed by atoms with Crippen LogP contribution < -0.4 is 10.5 Å². The van der Waals surface area contributed by atoms with E-state index in [4.69, 9.17) is 16.7 Å². The van der Waals surface area contributed by atoms with Crippen molar-refractivity contribution in [2.24, 2.45) is 5.14 Å². The number of hydrogen-bond acceptors (Lipinski definition) is 4. The van der Waals surface area contributed by atoms with Gasteiger partial charge in [0, 0.05) is 15.8 Å². The molecule has 0 aliphatic heterocycles. The average Bonchev–Trinajstić information content (AvgIpc) is 2.70. The van der Waals surface area contributed by atoms with Crippen LogP contribution in [-0.4, -0.2) is 8.42 Å². The topological polar surface area (TPSA) is 72.2 Å². The van der Waals surface area contributed by atoms with Gasteiger partial charge in [0.15, 0.2) is 0 Å². The van der Waals surface area contributed by atoms with Crippen molar-refractivity contribution in [3.8, 4) is 0 Å². The lowest BCUT2D eigenvalue weighted by Gasteiger charge is -2.17. The number of aryl methyl sites for hydroxylation is 2. The van der Waals surface area contributed by atoms with Crippen LogP contribution >= 0.6 is 22.9 Å². The summed E-state index contributed by atoms with van der Waals surface area (Å²) in [6.45, 7) is 6.13. The second kappa shape index (κ2) is 5.96. The molecule has 0 aliphatic carbocycles. The summed E-state index contributed by atoms with van der Waals surface area (Å²) in [6.07, 6.45) is 0. The number of nitrogens with one attached hydrogen (secondary N) is 1. The summed E-state index contributed by atoms with van der Waals surface area (Å²) < 4.78 is 22.8. The highest BCUT2D eigenvalue weighted by Gasteiger charge is 2.15. The van der Waals surface area contributed by atoms with E-state index in [2.05, 4.69) is 25.2 Å². The van der Waals surface area contributed by atoms with Crippen molar-refractivity contribution in [3.05, 3.63) is 44.6 Å². The van der Waals surface area contributed by atoms with Crippen LogP contribution in [0.5, 0.6) is 0 Å². The molecule has 0 saturated heterocycles. The van der Waals surface area contributed by atoms with Gasteiger partial charge in [0.25, 0.3) is 0 Å². The third-order valence-electron chi connectivity index (χ3n) is 3.18. The minimum atomic E-state index is -3.74. The molecule has 3 N–H and O–H groups in total. The number of benzene rings is 1. The normalized spacial score (nSPS) is 13.2. The highest BCUT2D eigenvalue weighted by Crippen LogP contribution is 2.32. The Bertz CT molecular complexity index is 769. The third-order valence-corrected chi connectivity index (χ3v) is 5.41. The summed E-state index contributed by atoms with van der Waals surface area (Å²) in [5, 5.41) is 8.85. The number of nitrogens with two attached hydrogens (primary N) is 1. The first-order valence-corrected chi connectivity index (χ1v) is 9.08. The SMILES string of the molecule is Cc1cc(C(C)Nc2cc(S(N)(=O)=O)ccc2Cl)c(C)s1. The van der Waals surface area contributed by atoms with Gasteiger partial charge in [0.2, 0.25) is 10.0 Å². The summed E-state index contributed by atoms with van der Waals surface area (Å²) in [6, 6.07) is 6.52. The fraction of sp³-hybridized carbons (Fsp3) is 0.286. The van der Waals surface area contributed by atoms with E-state index in [1.54, 1.807) is 11.3 Å². The van der Waals surface area contributed by atoms with Gasteiger partial charge in [0.05, 0.1) is 15.6 Å². The maximum Gasteiger partial charge on any atom is 0.238 e. The summed E-state index contributed by atoms with van der Waals surface area (Å²) >= 11 is 7.86. The van der Waals surface area contributed by atoms with Crippen LogP contribution in [0.2, 0.25) is 5.02 Å². The lowest BCUT2D eigenvalue weighted by atomic mass is 10.1. The van der Waals surface area contributed by atoms with Gasteiger partial charge in [-0.1, -0.05) is 11.6 Å². The van der Waals surface area contributed by atoms with Gasteiger partial charge in [-0.05, 0) is 50.6 Å². The highest BCUT2D eigenvalue weighted by atomic mass is 35.5. The van der Waals surface area contributed by atoms with E-state index < -0.39 is 10.0 Å². The summed E-state index contributed by atoms with van der Waals surface area (Å²) in [7, 11) is -3.74. The first-order chi connectivity index (χ1) is 9.68. The molecule has 0 bridgehead atoms. The molecule has 1 atom stereocenters. The Morgan fingerprint density at radius 1 is 1.29 bits per heavy atom. The zero-order valence-electron chi connectivity index (χ0n) is 12.0. The van der Waals surface area contributed by atoms with Crippen molar-refractivity contribution >= 4 is 38.6 Å². The van der Waals surface area contributed by atoms with E-state index in [9.17, 15) is 8.42 Å². The monoisotopic (exact) mass is 344 g/mol. The van der Waals surface area contributed by atoms with E-state index >= 15 is 0 Å². The van der Waals surface area contributed by atoms with Crippen molar-refractivity contribution in [2.45, 2.75) is 31.7 Å². The molecule has 0 fully saturated rings. The summed E-state index contributed by atoms with van der Waals surface area (Å²) in [4.78, 5) is 2.51. The first-order valence-electron chi connectivity index (χ1n) is 6.34. The molecule has 1 heterocycles. The fourth-order valence-corrected chi connectivity index (χ4v) is 3.92. The van der Waals surface area contributed by atoms with Gasteiger partial charge in [-0.25, -0.2) is 13.6 Å². The number of halogens is 1. The minimum absolute atomic E-state index is 0.0168. The van der Waals surface area contributed by atoms with E-state index in [0.29, 0.717) is 10.7 Å². The van der Waals surface area contributed by atoms with Crippen molar-refractivity contribution in [1.29, 1.82) is 0 Å². The molecule has 114 valence electrons. The predicted octanol–water partition coefficient (Wildman–Crippen LogP) is 3.84. The average molecular weight is 345 g/mol. The van der Waals surface area contributed by atoms with Crippen LogP contribution in [0.4, 0.5) is 5.69 Å². The molecular formula is C14H17ClN2O2S2. The second-order valence-corrected chi connectivity index (χ2v) is 8.35. The Hall–Kier alpha value is -1.08. The number of primary sulfonamides is 1. The van der Waals surface area contributed by atoms with Gasteiger partial charge in [-0.2, -0.15) is 0 Å². The zero-order valence-corrected chi connectivity index (χ0v) is 14.4. The van der Waals surface area contributed by atoms with Crippen LogP contribution in [0, 0.1) is 13.8 Å². The highest BCUT2D eigenvalue weighted by molar-refractivity contribution is 7.89. The zero-order chi connectivity index (χ0) is 15.8. The quantitative estimate of drug-likeness (QED) is 0.885. The summed E-state index contributed by atoms with van der Waals surface area (Å²) in [5.41, 5.74) is 1.73. The Morgan fingerprint density at radius 3 is 2.48 bits per heavy atom. The Morgan fingerprint density at radius 2 is 1.95 bits per heavy atom. The van der Waals surface area contributed by atoms with Crippen molar-refractivity contribution in [2.75, 3.05) is 5.32 Å². The number of sulfonamides is 1. The minimum Gasteiger partial charge on any atom is -0.377 e. The summed E-state index contributed by atoms with van der Waals surface area (Å²) in [5.74, 6) is 0. The maximum atomic E-state index is 11.4. The number of hydrogen-bond donors (Lipinski definition) is 2. The molecule has 4 nitrogen and oxygen atoms in total. The fourth-order valence-electron chi connectivity index (χ4n) is 2.18. The number of anilines is 1. The van der Waals surface area contributed by atoms with Crippen molar-refractivity contribution in [1.82, 2.24) is 0 Å². The first kappa shape index (κ1) is 16.3. The number of rotatable bonds is 4. The lowest BCUT2D eigenvalue weighted by Crippen LogP contribution is -2.13. The molecule has 0 radical (unpaired) electrons. The van der Waals surface area contributed by atoms with Gasteiger partial charge in [-0.15, -0.1) is 11.3 Å². The standard InChI is InChI=1S/C14H17ClN2O2S2/c1-8-6-12(10(3)20-8)9(2)17-14-7-11(21(16,18)19)4-5-13(14)15/h4-7,9,17H,1-3H3,(H2,16,18,19). The van der Waals surface area contributed by atoms with Crippen LogP contribution in [0.3, 0.4) is 0 Å². The Kier molecular flexibility index (Phi) is 4.63. The third kappa shape index (κ3) is 3.77. The molecule has 0 saturated carbocycles. The second-order valence-electron chi connectivity index (χ2n) is 4.92. The van der Waals surface area contributed by atoms with Gasteiger partial charge < -0.3 is 5.32 Å². The van der Waals surface area contributed by atoms with Crippen molar-refractivity contribution < 1.29 is 8.42 Å².